The number of benzene rings is 8. The summed E-state index contributed by atoms with van der Waals surface area (Å²) >= 11 is 0. The van der Waals surface area contributed by atoms with E-state index in [0.717, 1.165) is 17.1 Å². The largest absolute Gasteiger partial charge is 0.456 e. The Bertz CT molecular complexity index is 2310. The lowest BCUT2D eigenvalue weighted by Crippen LogP contribution is -1.98. The minimum Gasteiger partial charge on any atom is -0.456 e. The van der Waals surface area contributed by atoms with Crippen LogP contribution in [0.15, 0.2) is 133 Å². The molecule has 180 valence electrons. The first kappa shape index (κ1) is 20.9. The van der Waals surface area contributed by atoms with E-state index >= 15 is 0 Å². The first-order valence-electron chi connectivity index (χ1n) is 13.4. The number of ether oxygens (including phenoxy) is 1. The molecule has 0 aliphatic carbocycles. The van der Waals surface area contributed by atoms with Gasteiger partial charge in [0.15, 0.2) is 0 Å². The number of hydrogen-bond acceptors (Lipinski definition) is 1. The van der Waals surface area contributed by atoms with Gasteiger partial charge < -0.3 is 4.74 Å². The van der Waals surface area contributed by atoms with E-state index in [9.17, 15) is 0 Å². The van der Waals surface area contributed by atoms with Crippen molar-refractivity contribution in [3.63, 3.8) is 0 Å². The molecule has 1 aliphatic heterocycles. The lowest BCUT2D eigenvalue weighted by atomic mass is 9.88. The van der Waals surface area contributed by atoms with Crippen molar-refractivity contribution in [2.24, 2.45) is 0 Å². The van der Waals surface area contributed by atoms with Gasteiger partial charge in [0.2, 0.25) is 0 Å². The summed E-state index contributed by atoms with van der Waals surface area (Å²) in [6.07, 6.45) is 0. The Labute approximate surface area is 225 Å². The summed E-state index contributed by atoms with van der Waals surface area (Å²) in [4.78, 5) is 0. The van der Waals surface area contributed by atoms with Gasteiger partial charge >= 0.3 is 0 Å². The highest BCUT2D eigenvalue weighted by molar-refractivity contribution is 6.18. The smallest absolute Gasteiger partial charge is 0.136 e. The summed E-state index contributed by atoms with van der Waals surface area (Å²) in [5.41, 5.74) is 4.81. The third-order valence-corrected chi connectivity index (χ3v) is 8.37. The SMILES string of the molecule is c1ccc2cc3c(cc(-c4ccc5c(c4)-c4cccc6c4c(cc4ccccc46)O5)c4ccccc43)cc2c1. The molecule has 0 amide bonds. The zero-order valence-corrected chi connectivity index (χ0v) is 21.1. The van der Waals surface area contributed by atoms with Gasteiger partial charge in [0.25, 0.3) is 0 Å². The van der Waals surface area contributed by atoms with Gasteiger partial charge in [0.05, 0.1) is 0 Å². The fourth-order valence-corrected chi connectivity index (χ4v) is 6.58. The Balaban J connectivity index is 1.32. The van der Waals surface area contributed by atoms with E-state index in [2.05, 4.69) is 133 Å². The van der Waals surface area contributed by atoms with Crippen LogP contribution >= 0.6 is 0 Å². The molecule has 1 heterocycles. The quantitative estimate of drug-likeness (QED) is 0.163. The van der Waals surface area contributed by atoms with Crippen molar-refractivity contribution in [1.82, 2.24) is 0 Å². The summed E-state index contributed by atoms with van der Waals surface area (Å²) in [5.74, 6) is 1.84. The number of hydrogen-bond donors (Lipinski definition) is 0. The summed E-state index contributed by atoms with van der Waals surface area (Å²) in [6.45, 7) is 0. The molecule has 0 aromatic heterocycles. The van der Waals surface area contributed by atoms with Crippen LogP contribution in [0, 0.1) is 0 Å². The summed E-state index contributed by atoms with van der Waals surface area (Å²) in [7, 11) is 0. The molecule has 0 radical (unpaired) electrons. The van der Waals surface area contributed by atoms with Gasteiger partial charge in [-0.25, -0.2) is 0 Å². The maximum absolute atomic E-state index is 6.55. The number of rotatable bonds is 1. The van der Waals surface area contributed by atoms with Crippen molar-refractivity contribution in [1.29, 1.82) is 0 Å². The molecule has 0 saturated heterocycles. The molecule has 0 fully saturated rings. The van der Waals surface area contributed by atoms with E-state index in [1.54, 1.807) is 0 Å². The van der Waals surface area contributed by atoms with Crippen LogP contribution in [0.3, 0.4) is 0 Å². The highest BCUT2D eigenvalue weighted by Gasteiger charge is 2.22. The molecule has 0 unspecified atom stereocenters. The van der Waals surface area contributed by atoms with E-state index in [1.807, 2.05) is 0 Å². The highest BCUT2D eigenvalue weighted by Crippen LogP contribution is 2.50. The van der Waals surface area contributed by atoms with Crippen molar-refractivity contribution < 1.29 is 4.74 Å². The van der Waals surface area contributed by atoms with Crippen molar-refractivity contribution >= 4 is 53.9 Å². The van der Waals surface area contributed by atoms with Crippen LogP contribution in [-0.4, -0.2) is 0 Å². The van der Waals surface area contributed by atoms with Crippen LogP contribution in [0.5, 0.6) is 11.5 Å². The van der Waals surface area contributed by atoms with Crippen LogP contribution in [-0.2, 0) is 0 Å². The Hall–Kier alpha value is -5.14. The minimum atomic E-state index is 0.908. The fourth-order valence-electron chi connectivity index (χ4n) is 6.58. The lowest BCUT2D eigenvalue weighted by molar-refractivity contribution is 0.488. The second-order valence-electron chi connectivity index (χ2n) is 10.5. The second-order valence-corrected chi connectivity index (χ2v) is 10.5. The average Bonchev–Trinajstić information content (AvgIpc) is 3.00. The molecule has 8 aromatic rings. The maximum atomic E-state index is 6.55. The third kappa shape index (κ3) is 2.96. The van der Waals surface area contributed by atoms with Crippen molar-refractivity contribution in [2.75, 3.05) is 0 Å². The maximum Gasteiger partial charge on any atom is 0.136 e. The number of fused-ring (bicyclic) bond motifs is 8. The minimum absolute atomic E-state index is 0.908. The normalized spacial score (nSPS) is 12.3. The summed E-state index contributed by atoms with van der Waals surface area (Å²) in [5, 5.41) is 12.5. The predicted molar refractivity (Wildman–Crippen MR) is 165 cm³/mol. The van der Waals surface area contributed by atoms with Gasteiger partial charge in [-0.3, -0.25) is 0 Å². The molecule has 1 nitrogen and oxygen atoms in total. The van der Waals surface area contributed by atoms with Gasteiger partial charge in [0, 0.05) is 10.9 Å². The van der Waals surface area contributed by atoms with Crippen LogP contribution in [0.4, 0.5) is 0 Å². The molecule has 8 aromatic carbocycles. The predicted octanol–water partition coefficient (Wildman–Crippen LogP) is 10.9. The zero-order chi connectivity index (χ0) is 25.5. The molecule has 39 heavy (non-hydrogen) atoms. The fraction of sp³-hybridized carbons (Fsp3) is 0. The van der Waals surface area contributed by atoms with Crippen molar-refractivity contribution in [3.05, 3.63) is 133 Å². The monoisotopic (exact) mass is 494 g/mol. The summed E-state index contributed by atoms with van der Waals surface area (Å²) in [6, 6.07) is 48.4. The molecule has 1 aliphatic rings. The first-order valence-corrected chi connectivity index (χ1v) is 13.4. The Kier molecular flexibility index (Phi) is 4.11. The highest BCUT2D eigenvalue weighted by atomic mass is 16.5. The zero-order valence-electron chi connectivity index (χ0n) is 21.1. The molecular formula is C38H22O. The molecule has 9 rings (SSSR count). The van der Waals surface area contributed by atoms with E-state index in [1.165, 1.54) is 70.6 Å². The summed E-state index contributed by atoms with van der Waals surface area (Å²) < 4.78 is 6.55. The molecule has 0 bridgehead atoms. The molecule has 0 N–H and O–H groups in total. The molecule has 1 heteroatoms. The standard InChI is InChI=1S/C38H22O/c1-2-9-24-19-34-27(18-23(24)8-1)21-33(29-12-5-6-13-30(29)34)26-16-17-36-35(20-26)32-15-7-14-31-28-11-4-3-10-25(28)22-37(39-36)38(31)32/h1-22H. The van der Waals surface area contributed by atoms with Crippen LogP contribution in [0.1, 0.15) is 0 Å². The van der Waals surface area contributed by atoms with Gasteiger partial charge in [0.1, 0.15) is 11.5 Å². The van der Waals surface area contributed by atoms with E-state index in [-0.39, 0.29) is 0 Å². The van der Waals surface area contributed by atoms with Crippen molar-refractivity contribution in [3.8, 4) is 33.8 Å². The molecule has 0 saturated carbocycles. The van der Waals surface area contributed by atoms with Gasteiger partial charge in [-0.2, -0.15) is 0 Å². The second kappa shape index (κ2) is 7.69. The van der Waals surface area contributed by atoms with E-state index in [4.69, 9.17) is 4.74 Å². The van der Waals surface area contributed by atoms with Crippen LogP contribution in [0.25, 0.3) is 76.1 Å². The third-order valence-electron chi connectivity index (χ3n) is 8.37. The van der Waals surface area contributed by atoms with Gasteiger partial charge in [-0.1, -0.05) is 97.1 Å². The van der Waals surface area contributed by atoms with E-state index in [0.29, 0.717) is 0 Å². The molecule has 0 spiro atoms. The Morgan fingerprint density at radius 2 is 1.05 bits per heavy atom. The Morgan fingerprint density at radius 1 is 0.333 bits per heavy atom. The van der Waals surface area contributed by atoms with Gasteiger partial charge in [-0.05, 0) is 102 Å². The average molecular weight is 495 g/mol. The van der Waals surface area contributed by atoms with Gasteiger partial charge in [-0.15, -0.1) is 0 Å². The Morgan fingerprint density at radius 3 is 1.92 bits per heavy atom. The first-order chi connectivity index (χ1) is 19.3. The van der Waals surface area contributed by atoms with E-state index < -0.39 is 0 Å². The van der Waals surface area contributed by atoms with Crippen LogP contribution < -0.4 is 4.74 Å². The van der Waals surface area contributed by atoms with Crippen molar-refractivity contribution in [2.45, 2.75) is 0 Å². The molecular weight excluding hydrogens is 472 g/mol. The molecule has 0 atom stereocenters. The topological polar surface area (TPSA) is 9.23 Å². The van der Waals surface area contributed by atoms with Crippen LogP contribution in [0.2, 0.25) is 0 Å². The lowest BCUT2D eigenvalue weighted by Gasteiger charge is -2.23.